The van der Waals surface area contributed by atoms with Crippen LogP contribution < -0.4 is 5.32 Å². The molecule has 108 valence electrons. The van der Waals surface area contributed by atoms with Gasteiger partial charge >= 0.3 is 0 Å². The van der Waals surface area contributed by atoms with Crippen molar-refractivity contribution in [1.82, 2.24) is 14.6 Å². The normalized spacial score (nSPS) is 26.9. The quantitative estimate of drug-likeness (QED) is 0.903. The molecule has 20 heavy (non-hydrogen) atoms. The Morgan fingerprint density at radius 3 is 2.95 bits per heavy atom. The lowest BCUT2D eigenvalue weighted by atomic mass is 9.79. The van der Waals surface area contributed by atoms with Crippen LogP contribution in [0.25, 0.3) is 5.65 Å². The molecule has 0 saturated heterocycles. The van der Waals surface area contributed by atoms with Crippen molar-refractivity contribution in [3.8, 4) is 0 Å². The molecule has 1 fully saturated rings. The molecule has 0 amide bonds. The smallest absolute Gasteiger partial charge is 0.243 e. The van der Waals surface area contributed by atoms with Crippen molar-refractivity contribution in [3.63, 3.8) is 0 Å². The fourth-order valence-electron chi connectivity index (χ4n) is 2.65. The van der Waals surface area contributed by atoms with Crippen LogP contribution >= 0.6 is 0 Å². The molecular weight excluding hydrogens is 259 g/mol. The van der Waals surface area contributed by atoms with Gasteiger partial charge in [0, 0.05) is 6.54 Å². The van der Waals surface area contributed by atoms with E-state index in [-0.39, 0.29) is 5.82 Å². The van der Waals surface area contributed by atoms with Crippen molar-refractivity contribution in [2.75, 3.05) is 11.9 Å². The predicted octanol–water partition coefficient (Wildman–Crippen LogP) is 2.22. The highest BCUT2D eigenvalue weighted by molar-refractivity contribution is 5.43. The van der Waals surface area contributed by atoms with Crippen LogP contribution in [-0.4, -0.2) is 31.9 Å². The summed E-state index contributed by atoms with van der Waals surface area (Å²) < 4.78 is 14.5. The number of halogens is 1. The lowest BCUT2D eigenvalue weighted by Gasteiger charge is -2.34. The highest BCUT2D eigenvalue weighted by Crippen LogP contribution is 2.31. The number of anilines is 1. The van der Waals surface area contributed by atoms with Crippen molar-refractivity contribution >= 4 is 11.6 Å². The van der Waals surface area contributed by atoms with Gasteiger partial charge < -0.3 is 10.4 Å². The van der Waals surface area contributed by atoms with Crippen molar-refractivity contribution < 1.29 is 9.50 Å². The highest BCUT2D eigenvalue weighted by atomic mass is 19.1. The van der Waals surface area contributed by atoms with Crippen molar-refractivity contribution in [2.45, 2.75) is 38.2 Å². The summed E-state index contributed by atoms with van der Waals surface area (Å²) in [5, 5.41) is 17.7. The number of rotatable bonds is 3. The standard InChI is InChI=1S/C14H19FN4O/c1-10-4-6-14(20,7-5-10)9-16-13-17-12-3-2-11(15)8-19(12)18-13/h2-3,8,10,20H,4-7,9H2,1H3,(H,16,18). The molecule has 0 spiro atoms. The van der Waals surface area contributed by atoms with Crippen LogP contribution in [0.2, 0.25) is 0 Å². The number of fused-ring (bicyclic) bond motifs is 1. The molecule has 2 N–H and O–H groups in total. The van der Waals surface area contributed by atoms with E-state index in [0.29, 0.717) is 24.1 Å². The Hall–Kier alpha value is -1.69. The van der Waals surface area contributed by atoms with E-state index in [1.807, 2.05) is 0 Å². The molecule has 3 rings (SSSR count). The highest BCUT2D eigenvalue weighted by Gasteiger charge is 2.31. The van der Waals surface area contributed by atoms with E-state index < -0.39 is 5.60 Å². The molecule has 2 heterocycles. The number of pyridine rings is 1. The number of hydrogen-bond acceptors (Lipinski definition) is 4. The van der Waals surface area contributed by atoms with Crippen molar-refractivity contribution in [2.24, 2.45) is 5.92 Å². The Morgan fingerprint density at radius 2 is 2.20 bits per heavy atom. The van der Waals surface area contributed by atoms with Crippen LogP contribution in [0.5, 0.6) is 0 Å². The summed E-state index contributed by atoms with van der Waals surface area (Å²) in [5.74, 6) is 0.753. The van der Waals surface area contributed by atoms with Gasteiger partial charge in [0.2, 0.25) is 5.95 Å². The van der Waals surface area contributed by atoms with E-state index in [1.54, 1.807) is 6.07 Å². The van der Waals surface area contributed by atoms with Gasteiger partial charge in [-0.25, -0.2) is 8.91 Å². The summed E-state index contributed by atoms with van der Waals surface area (Å²) in [6.07, 6.45) is 4.96. The summed E-state index contributed by atoms with van der Waals surface area (Å²) in [5.41, 5.74) is -0.104. The maximum atomic E-state index is 13.1. The molecule has 0 bridgehead atoms. The molecule has 1 saturated carbocycles. The van der Waals surface area contributed by atoms with Gasteiger partial charge in [0.15, 0.2) is 5.65 Å². The fourth-order valence-corrected chi connectivity index (χ4v) is 2.65. The van der Waals surface area contributed by atoms with Gasteiger partial charge in [-0.2, -0.15) is 4.98 Å². The predicted molar refractivity (Wildman–Crippen MR) is 74.0 cm³/mol. The van der Waals surface area contributed by atoms with Gasteiger partial charge in [-0.1, -0.05) is 6.92 Å². The van der Waals surface area contributed by atoms with Crippen LogP contribution in [0.3, 0.4) is 0 Å². The first-order chi connectivity index (χ1) is 9.54. The average Bonchev–Trinajstić information content (AvgIpc) is 2.82. The second-order valence-electron chi connectivity index (χ2n) is 5.85. The van der Waals surface area contributed by atoms with E-state index in [4.69, 9.17) is 0 Å². The number of aromatic nitrogens is 3. The minimum absolute atomic E-state index is 0.353. The number of aliphatic hydroxyl groups is 1. The molecule has 1 aliphatic rings. The Bertz CT molecular complexity index is 604. The van der Waals surface area contributed by atoms with Gasteiger partial charge in [0.1, 0.15) is 5.82 Å². The lowest BCUT2D eigenvalue weighted by Crippen LogP contribution is -2.40. The van der Waals surface area contributed by atoms with Gasteiger partial charge in [-0.05, 0) is 43.7 Å². The largest absolute Gasteiger partial charge is 0.388 e. The SMILES string of the molecule is CC1CCC(O)(CNc2nc3ccc(F)cn3n2)CC1. The van der Waals surface area contributed by atoms with Gasteiger partial charge in [-0.15, -0.1) is 5.10 Å². The first kappa shape index (κ1) is 13.3. The third-order valence-corrected chi connectivity index (χ3v) is 4.08. The summed E-state index contributed by atoms with van der Waals surface area (Å²) in [4.78, 5) is 4.25. The van der Waals surface area contributed by atoms with E-state index >= 15 is 0 Å². The monoisotopic (exact) mass is 278 g/mol. The molecule has 2 aromatic rings. The zero-order chi connectivity index (χ0) is 14.2. The minimum atomic E-state index is -0.685. The molecule has 0 unspecified atom stereocenters. The van der Waals surface area contributed by atoms with E-state index in [1.165, 1.54) is 16.8 Å². The lowest BCUT2D eigenvalue weighted by molar-refractivity contribution is 0.00488. The van der Waals surface area contributed by atoms with Crippen LogP contribution in [0.15, 0.2) is 18.3 Å². The average molecular weight is 278 g/mol. The Kier molecular flexibility index (Phi) is 3.33. The molecular formula is C14H19FN4O. The first-order valence-electron chi connectivity index (χ1n) is 7.02. The Balaban J connectivity index is 1.67. The third-order valence-electron chi connectivity index (χ3n) is 4.08. The Morgan fingerprint density at radius 1 is 1.45 bits per heavy atom. The van der Waals surface area contributed by atoms with Crippen LogP contribution in [0.4, 0.5) is 10.3 Å². The second-order valence-corrected chi connectivity index (χ2v) is 5.85. The maximum Gasteiger partial charge on any atom is 0.243 e. The molecule has 5 nitrogen and oxygen atoms in total. The molecule has 2 aromatic heterocycles. The van der Waals surface area contributed by atoms with E-state index in [2.05, 4.69) is 22.3 Å². The Labute approximate surface area is 116 Å². The zero-order valence-electron chi connectivity index (χ0n) is 11.5. The van der Waals surface area contributed by atoms with Crippen LogP contribution in [-0.2, 0) is 0 Å². The molecule has 6 heteroatoms. The molecule has 1 aliphatic carbocycles. The van der Waals surface area contributed by atoms with Crippen LogP contribution in [0, 0.1) is 11.7 Å². The molecule has 0 aliphatic heterocycles. The number of nitrogens with one attached hydrogen (secondary N) is 1. The third kappa shape index (κ3) is 2.75. The summed E-state index contributed by atoms with van der Waals surface area (Å²) >= 11 is 0. The van der Waals surface area contributed by atoms with E-state index in [9.17, 15) is 9.50 Å². The number of nitrogens with zero attached hydrogens (tertiary/aromatic N) is 3. The first-order valence-corrected chi connectivity index (χ1v) is 7.02. The second kappa shape index (κ2) is 5.01. The summed E-state index contributed by atoms with van der Waals surface area (Å²) in [6.45, 7) is 2.64. The fraction of sp³-hybridized carbons (Fsp3) is 0.571. The van der Waals surface area contributed by atoms with Gasteiger partial charge in [0.25, 0.3) is 0 Å². The van der Waals surface area contributed by atoms with Gasteiger partial charge in [0.05, 0.1) is 11.8 Å². The minimum Gasteiger partial charge on any atom is -0.388 e. The number of hydrogen-bond donors (Lipinski definition) is 2. The van der Waals surface area contributed by atoms with E-state index in [0.717, 1.165) is 25.7 Å². The zero-order valence-corrected chi connectivity index (χ0v) is 11.5. The topological polar surface area (TPSA) is 62.5 Å². The maximum absolute atomic E-state index is 13.1. The van der Waals surface area contributed by atoms with Crippen molar-refractivity contribution in [3.05, 3.63) is 24.1 Å². The molecule has 0 radical (unpaired) electrons. The molecule has 0 aromatic carbocycles. The summed E-state index contributed by atoms with van der Waals surface area (Å²) in [7, 11) is 0. The van der Waals surface area contributed by atoms with Crippen LogP contribution in [0.1, 0.15) is 32.6 Å². The summed E-state index contributed by atoms with van der Waals surface area (Å²) in [6, 6.07) is 2.92. The van der Waals surface area contributed by atoms with Gasteiger partial charge in [-0.3, -0.25) is 0 Å². The molecule has 0 atom stereocenters. The van der Waals surface area contributed by atoms with Crippen molar-refractivity contribution in [1.29, 1.82) is 0 Å².